The molecule has 0 spiro atoms. The van der Waals surface area contributed by atoms with Crippen LogP contribution >= 0.6 is 0 Å². The first-order valence-electron chi connectivity index (χ1n) is 6.14. The number of nitrogens with zero attached hydrogens (tertiary/aromatic N) is 1. The molecule has 3 rings (SSSR count). The van der Waals surface area contributed by atoms with Crippen molar-refractivity contribution in [3.63, 3.8) is 0 Å². The zero-order chi connectivity index (χ0) is 12.7. The van der Waals surface area contributed by atoms with Crippen LogP contribution in [0.15, 0.2) is 6.07 Å². The van der Waals surface area contributed by atoms with E-state index in [4.69, 9.17) is 5.73 Å². The first kappa shape index (κ1) is 11.3. The van der Waals surface area contributed by atoms with Gasteiger partial charge in [0.05, 0.1) is 11.0 Å². The van der Waals surface area contributed by atoms with E-state index in [2.05, 4.69) is 45.8 Å². The molecule has 1 aliphatic rings. The van der Waals surface area contributed by atoms with Gasteiger partial charge in [0.25, 0.3) is 0 Å². The zero-order valence-corrected chi connectivity index (χ0v) is 10.6. The number of aromatic amines is 1. The fourth-order valence-electron chi connectivity index (χ4n) is 2.47. The van der Waals surface area contributed by atoms with Crippen LogP contribution in [0, 0.1) is 13.8 Å². The number of imidazole rings is 1. The number of hydrogen-bond acceptors (Lipinski definition) is 5. The quantitative estimate of drug-likeness (QED) is 0.537. The molecule has 0 saturated carbocycles. The van der Waals surface area contributed by atoms with Crippen molar-refractivity contribution in [2.75, 3.05) is 24.1 Å². The van der Waals surface area contributed by atoms with E-state index >= 15 is 0 Å². The highest BCUT2D eigenvalue weighted by Gasteiger charge is 2.16. The third-order valence-corrected chi connectivity index (χ3v) is 3.35. The predicted octanol–water partition coefficient (Wildman–Crippen LogP) is 0.650. The Morgan fingerprint density at radius 1 is 1.33 bits per heavy atom. The van der Waals surface area contributed by atoms with Crippen molar-refractivity contribution in [3.8, 4) is 0 Å². The monoisotopic (exact) mass is 246 g/mol. The summed E-state index contributed by atoms with van der Waals surface area (Å²) in [7, 11) is 0. The molecule has 6 nitrogen and oxygen atoms in total. The summed E-state index contributed by atoms with van der Waals surface area (Å²) < 4.78 is 0. The average molecular weight is 246 g/mol. The summed E-state index contributed by atoms with van der Waals surface area (Å²) in [6.45, 7) is 6.11. The van der Waals surface area contributed by atoms with Crippen LogP contribution in [-0.2, 0) is 0 Å². The van der Waals surface area contributed by atoms with Gasteiger partial charge in [0, 0.05) is 24.3 Å². The predicted molar refractivity (Wildman–Crippen MR) is 73.4 cm³/mol. The van der Waals surface area contributed by atoms with Gasteiger partial charge in [0.15, 0.2) is 5.95 Å². The van der Waals surface area contributed by atoms with Crippen molar-refractivity contribution in [1.82, 2.24) is 20.6 Å². The summed E-state index contributed by atoms with van der Waals surface area (Å²) in [4.78, 5) is 7.40. The number of nitrogen functional groups attached to an aromatic ring is 1. The average Bonchev–Trinajstić information content (AvgIpc) is 2.93. The number of nitrogens with one attached hydrogen (secondary N) is 4. The number of H-pyrrole nitrogens is 1. The molecular formula is C12H18N6. The summed E-state index contributed by atoms with van der Waals surface area (Å²) in [6.07, 6.45) is 0.121. The second kappa shape index (κ2) is 4.15. The zero-order valence-electron chi connectivity index (χ0n) is 10.6. The maximum absolute atomic E-state index is 5.71. The Morgan fingerprint density at radius 3 is 2.78 bits per heavy atom. The number of benzene rings is 1. The second-order valence-corrected chi connectivity index (χ2v) is 4.70. The van der Waals surface area contributed by atoms with Gasteiger partial charge in [-0.3, -0.25) is 10.6 Å². The summed E-state index contributed by atoms with van der Waals surface area (Å²) in [5.74, 6) is 0.460. The molecule has 0 atom stereocenters. The van der Waals surface area contributed by atoms with E-state index in [0.29, 0.717) is 5.95 Å². The van der Waals surface area contributed by atoms with Gasteiger partial charge < -0.3 is 16.0 Å². The Labute approximate surface area is 105 Å². The Hall–Kier alpha value is -1.79. The van der Waals surface area contributed by atoms with Gasteiger partial charge in [0.2, 0.25) is 0 Å². The number of anilines is 2. The van der Waals surface area contributed by atoms with E-state index in [0.717, 1.165) is 35.4 Å². The number of aryl methyl sites for hydroxylation is 2. The Morgan fingerprint density at radius 2 is 2.06 bits per heavy atom. The van der Waals surface area contributed by atoms with Gasteiger partial charge in [-0.15, -0.1) is 0 Å². The minimum absolute atomic E-state index is 0.121. The van der Waals surface area contributed by atoms with E-state index in [1.165, 1.54) is 5.56 Å². The molecule has 1 aromatic carbocycles. The molecule has 1 saturated heterocycles. The molecule has 0 unspecified atom stereocenters. The van der Waals surface area contributed by atoms with E-state index in [1.807, 2.05) is 0 Å². The lowest BCUT2D eigenvalue weighted by Gasteiger charge is -2.18. The van der Waals surface area contributed by atoms with Crippen LogP contribution in [0.1, 0.15) is 11.1 Å². The number of fused-ring (bicyclic) bond motifs is 1. The lowest BCUT2D eigenvalue weighted by Crippen LogP contribution is -2.39. The fraction of sp³-hybridized carbons (Fsp3) is 0.417. The van der Waals surface area contributed by atoms with Gasteiger partial charge in [-0.1, -0.05) is 0 Å². The van der Waals surface area contributed by atoms with Crippen molar-refractivity contribution >= 4 is 22.7 Å². The Balaban J connectivity index is 2.04. The summed E-state index contributed by atoms with van der Waals surface area (Å²) in [5, 5.41) is 10.1. The maximum Gasteiger partial charge on any atom is 0.198 e. The van der Waals surface area contributed by atoms with Crippen LogP contribution in [-0.4, -0.2) is 29.3 Å². The normalized spacial score (nSPS) is 16.6. The van der Waals surface area contributed by atoms with Crippen molar-refractivity contribution in [1.29, 1.82) is 0 Å². The molecule has 1 aliphatic heterocycles. The van der Waals surface area contributed by atoms with E-state index < -0.39 is 0 Å². The molecule has 2 heterocycles. The number of nitrogens with two attached hydrogens (primary N) is 1. The van der Waals surface area contributed by atoms with Crippen LogP contribution in [0.5, 0.6) is 0 Å². The van der Waals surface area contributed by atoms with Crippen molar-refractivity contribution in [2.45, 2.75) is 20.1 Å². The van der Waals surface area contributed by atoms with Crippen LogP contribution < -0.4 is 21.7 Å². The molecule has 1 aromatic heterocycles. The standard InChI is InChI=1S/C12H18N6/c1-6-5-8-10(17-11(13)16-8)7(2)9(6)18-12-14-3-4-15-12/h5,12,14-15,18H,3-4H2,1-2H3,(H3,13,16,17). The number of aromatic nitrogens is 2. The van der Waals surface area contributed by atoms with Crippen LogP contribution in [0.4, 0.5) is 11.6 Å². The first-order chi connectivity index (χ1) is 8.65. The Kier molecular flexibility index (Phi) is 2.61. The molecule has 6 heteroatoms. The molecule has 96 valence electrons. The maximum atomic E-state index is 5.71. The smallest absolute Gasteiger partial charge is 0.198 e. The molecule has 1 fully saturated rings. The molecule has 2 aromatic rings. The minimum Gasteiger partial charge on any atom is -0.369 e. The molecule has 0 amide bonds. The number of hydrogen-bond donors (Lipinski definition) is 5. The lowest BCUT2D eigenvalue weighted by molar-refractivity contribution is 0.619. The second-order valence-electron chi connectivity index (χ2n) is 4.70. The van der Waals surface area contributed by atoms with Gasteiger partial charge in [-0.25, -0.2) is 4.98 Å². The van der Waals surface area contributed by atoms with Crippen molar-refractivity contribution < 1.29 is 0 Å². The Bertz CT molecular complexity index is 582. The van der Waals surface area contributed by atoms with Crippen molar-refractivity contribution in [3.05, 3.63) is 17.2 Å². The van der Waals surface area contributed by atoms with Crippen LogP contribution in [0.3, 0.4) is 0 Å². The highest BCUT2D eigenvalue weighted by molar-refractivity contribution is 5.87. The van der Waals surface area contributed by atoms with Gasteiger partial charge in [-0.05, 0) is 25.5 Å². The minimum atomic E-state index is 0.121. The first-order valence-corrected chi connectivity index (χ1v) is 6.14. The fourth-order valence-corrected chi connectivity index (χ4v) is 2.47. The molecule has 0 bridgehead atoms. The molecular weight excluding hydrogens is 228 g/mol. The third kappa shape index (κ3) is 1.79. The van der Waals surface area contributed by atoms with E-state index in [-0.39, 0.29) is 6.29 Å². The molecule has 6 N–H and O–H groups in total. The molecule has 18 heavy (non-hydrogen) atoms. The topological polar surface area (TPSA) is 90.8 Å². The van der Waals surface area contributed by atoms with Crippen molar-refractivity contribution in [2.24, 2.45) is 0 Å². The van der Waals surface area contributed by atoms with E-state index in [9.17, 15) is 0 Å². The largest absolute Gasteiger partial charge is 0.369 e. The highest BCUT2D eigenvalue weighted by atomic mass is 15.3. The number of rotatable bonds is 2. The molecule has 0 radical (unpaired) electrons. The van der Waals surface area contributed by atoms with E-state index in [1.54, 1.807) is 0 Å². The van der Waals surface area contributed by atoms with Crippen LogP contribution in [0.2, 0.25) is 0 Å². The summed E-state index contributed by atoms with van der Waals surface area (Å²) >= 11 is 0. The molecule has 0 aliphatic carbocycles. The summed E-state index contributed by atoms with van der Waals surface area (Å²) in [5.41, 5.74) is 11.0. The van der Waals surface area contributed by atoms with Gasteiger partial charge in [-0.2, -0.15) is 0 Å². The third-order valence-electron chi connectivity index (χ3n) is 3.35. The van der Waals surface area contributed by atoms with Gasteiger partial charge >= 0.3 is 0 Å². The lowest BCUT2D eigenvalue weighted by atomic mass is 10.1. The SMILES string of the molecule is Cc1cc2[nH]c(N)nc2c(C)c1NC1NCCN1. The highest BCUT2D eigenvalue weighted by Crippen LogP contribution is 2.28. The summed E-state index contributed by atoms with van der Waals surface area (Å²) in [6, 6.07) is 2.07. The van der Waals surface area contributed by atoms with Crippen LogP contribution in [0.25, 0.3) is 11.0 Å². The van der Waals surface area contributed by atoms with Gasteiger partial charge in [0.1, 0.15) is 6.29 Å².